The van der Waals surface area contributed by atoms with Gasteiger partial charge in [-0.05, 0) is 37.5 Å². The van der Waals surface area contributed by atoms with E-state index in [4.69, 9.17) is 0 Å². The van der Waals surface area contributed by atoms with E-state index in [9.17, 15) is 9.59 Å². The number of carbonyl (C=O) groups excluding carboxylic acids is 2. The summed E-state index contributed by atoms with van der Waals surface area (Å²) in [5, 5.41) is 7.01. The largest absolute Gasteiger partial charge is 0.329 e. The number of carbonyl (C=O) groups is 2. The first kappa shape index (κ1) is 15.3. The molecule has 2 aromatic rings. The molecule has 0 bridgehead atoms. The Bertz CT molecular complexity index is 696. The lowest BCUT2D eigenvalue weighted by Crippen LogP contribution is -2.44. The van der Waals surface area contributed by atoms with Gasteiger partial charge in [-0.3, -0.25) is 14.3 Å². The van der Waals surface area contributed by atoms with Crippen LogP contribution in [0.15, 0.2) is 42.7 Å². The molecule has 0 aliphatic carbocycles. The van der Waals surface area contributed by atoms with Gasteiger partial charge in [0, 0.05) is 18.4 Å². The van der Waals surface area contributed by atoms with Crippen molar-refractivity contribution in [1.29, 1.82) is 0 Å². The van der Waals surface area contributed by atoms with E-state index < -0.39 is 6.04 Å². The fourth-order valence-corrected chi connectivity index (χ4v) is 2.87. The molecule has 1 N–H and O–H groups in total. The predicted molar refractivity (Wildman–Crippen MR) is 86.8 cm³/mol. The van der Waals surface area contributed by atoms with Gasteiger partial charge in [-0.25, -0.2) is 0 Å². The Morgan fingerprint density at radius 3 is 2.78 bits per heavy atom. The van der Waals surface area contributed by atoms with E-state index in [1.807, 2.05) is 43.5 Å². The molecule has 0 radical (unpaired) electrons. The van der Waals surface area contributed by atoms with Gasteiger partial charge in [0.05, 0.1) is 6.20 Å². The summed E-state index contributed by atoms with van der Waals surface area (Å²) >= 11 is 0. The minimum absolute atomic E-state index is 0.0705. The Morgan fingerprint density at radius 1 is 1.30 bits per heavy atom. The summed E-state index contributed by atoms with van der Waals surface area (Å²) in [6.45, 7) is 2.72. The van der Waals surface area contributed by atoms with Crippen LogP contribution in [0.2, 0.25) is 0 Å². The van der Waals surface area contributed by atoms with E-state index in [0.29, 0.717) is 13.0 Å². The number of anilines is 1. The molecule has 1 aromatic carbocycles. The molecule has 2 amide bonds. The fourth-order valence-electron chi connectivity index (χ4n) is 2.87. The topological polar surface area (TPSA) is 67.2 Å². The van der Waals surface area contributed by atoms with Crippen LogP contribution in [0.1, 0.15) is 18.4 Å². The lowest BCUT2D eigenvalue weighted by atomic mass is 10.2. The lowest BCUT2D eigenvalue weighted by molar-refractivity contribution is -0.137. The van der Waals surface area contributed by atoms with Crippen LogP contribution in [0.4, 0.5) is 5.69 Å². The van der Waals surface area contributed by atoms with Crippen LogP contribution in [-0.4, -0.2) is 39.1 Å². The maximum Gasteiger partial charge on any atom is 0.247 e. The van der Waals surface area contributed by atoms with Crippen molar-refractivity contribution in [2.45, 2.75) is 32.4 Å². The van der Waals surface area contributed by atoms with Crippen LogP contribution < -0.4 is 5.32 Å². The molecule has 1 aliphatic rings. The highest BCUT2D eigenvalue weighted by Gasteiger charge is 2.34. The molecule has 0 saturated carbocycles. The Kier molecular flexibility index (Phi) is 4.41. The van der Waals surface area contributed by atoms with Gasteiger partial charge in [0.2, 0.25) is 11.8 Å². The first-order chi connectivity index (χ1) is 11.1. The van der Waals surface area contributed by atoms with Crippen molar-refractivity contribution in [3.05, 3.63) is 48.3 Å². The smallest absolute Gasteiger partial charge is 0.247 e. The van der Waals surface area contributed by atoms with Crippen LogP contribution in [0.3, 0.4) is 0 Å². The predicted octanol–water partition coefficient (Wildman–Crippen LogP) is 1.82. The molecule has 120 valence electrons. The van der Waals surface area contributed by atoms with Crippen molar-refractivity contribution in [3.63, 3.8) is 0 Å². The Balaban J connectivity index is 1.64. The molecule has 6 nitrogen and oxygen atoms in total. The number of aryl methyl sites for hydroxylation is 1. The van der Waals surface area contributed by atoms with Gasteiger partial charge >= 0.3 is 0 Å². The third kappa shape index (κ3) is 3.59. The van der Waals surface area contributed by atoms with Crippen LogP contribution in [0, 0.1) is 6.92 Å². The number of aromatic nitrogens is 2. The first-order valence-electron chi connectivity index (χ1n) is 7.78. The maximum atomic E-state index is 12.5. The molecule has 2 heterocycles. The molecule has 1 fully saturated rings. The van der Waals surface area contributed by atoms with E-state index >= 15 is 0 Å². The second-order valence-electron chi connectivity index (χ2n) is 5.82. The molecular formula is C17H20N4O2. The number of hydrogen-bond acceptors (Lipinski definition) is 3. The molecule has 6 heteroatoms. The first-order valence-corrected chi connectivity index (χ1v) is 7.78. The van der Waals surface area contributed by atoms with Gasteiger partial charge in [0.25, 0.3) is 0 Å². The highest BCUT2D eigenvalue weighted by atomic mass is 16.2. The normalized spacial score (nSPS) is 17.3. The van der Waals surface area contributed by atoms with E-state index in [1.54, 1.807) is 15.8 Å². The van der Waals surface area contributed by atoms with Crippen molar-refractivity contribution < 1.29 is 9.59 Å². The Labute approximate surface area is 135 Å². The monoisotopic (exact) mass is 312 g/mol. The number of rotatable bonds is 4. The quantitative estimate of drug-likeness (QED) is 0.936. The summed E-state index contributed by atoms with van der Waals surface area (Å²) in [7, 11) is 0. The molecule has 23 heavy (non-hydrogen) atoms. The van der Waals surface area contributed by atoms with Crippen LogP contribution in [0.25, 0.3) is 0 Å². The van der Waals surface area contributed by atoms with Gasteiger partial charge in [-0.2, -0.15) is 5.10 Å². The van der Waals surface area contributed by atoms with Crippen LogP contribution >= 0.6 is 0 Å². The summed E-state index contributed by atoms with van der Waals surface area (Å²) in [5.41, 5.74) is 1.76. The molecule has 0 spiro atoms. The van der Waals surface area contributed by atoms with Crippen molar-refractivity contribution in [2.24, 2.45) is 0 Å². The number of benzene rings is 1. The van der Waals surface area contributed by atoms with E-state index in [2.05, 4.69) is 10.4 Å². The average Bonchev–Trinajstić information content (AvgIpc) is 3.17. The standard InChI is InChI=1S/C17H20N4O2/c1-13-10-18-20(11-13)12-16(22)21-9-5-8-15(21)17(23)19-14-6-3-2-4-7-14/h2-4,6-7,10-11,15H,5,8-9,12H2,1H3,(H,19,23)/t15-/m1/s1. The second-order valence-corrected chi connectivity index (χ2v) is 5.82. The lowest BCUT2D eigenvalue weighted by Gasteiger charge is -2.24. The molecule has 1 saturated heterocycles. The molecular weight excluding hydrogens is 292 g/mol. The summed E-state index contributed by atoms with van der Waals surface area (Å²) in [6.07, 6.45) is 5.09. The average molecular weight is 312 g/mol. The number of amides is 2. The van der Waals surface area contributed by atoms with Gasteiger partial charge < -0.3 is 10.2 Å². The molecule has 3 rings (SSSR count). The van der Waals surface area contributed by atoms with Crippen molar-refractivity contribution in [2.75, 3.05) is 11.9 Å². The van der Waals surface area contributed by atoms with Gasteiger partial charge in [-0.1, -0.05) is 18.2 Å². The van der Waals surface area contributed by atoms with Gasteiger partial charge in [-0.15, -0.1) is 0 Å². The van der Waals surface area contributed by atoms with E-state index in [0.717, 1.165) is 17.7 Å². The highest BCUT2D eigenvalue weighted by molar-refractivity contribution is 5.97. The summed E-state index contributed by atoms with van der Waals surface area (Å²) in [5.74, 6) is -0.197. The zero-order valence-electron chi connectivity index (χ0n) is 13.1. The number of para-hydroxylation sites is 1. The second kappa shape index (κ2) is 6.64. The van der Waals surface area contributed by atoms with Crippen molar-refractivity contribution in [3.8, 4) is 0 Å². The van der Waals surface area contributed by atoms with Gasteiger partial charge in [0.15, 0.2) is 0 Å². The number of nitrogens with one attached hydrogen (secondary N) is 1. The minimum atomic E-state index is -0.403. The SMILES string of the molecule is Cc1cnn(CC(=O)N2CCC[C@@H]2C(=O)Nc2ccccc2)c1. The number of nitrogens with zero attached hydrogens (tertiary/aromatic N) is 3. The fraction of sp³-hybridized carbons (Fsp3) is 0.353. The molecule has 1 aliphatic heterocycles. The summed E-state index contributed by atoms with van der Waals surface area (Å²) in [6, 6.07) is 8.91. The third-order valence-corrected chi connectivity index (χ3v) is 3.98. The zero-order valence-corrected chi connectivity index (χ0v) is 13.1. The van der Waals surface area contributed by atoms with Crippen molar-refractivity contribution in [1.82, 2.24) is 14.7 Å². The van der Waals surface area contributed by atoms with Crippen molar-refractivity contribution >= 4 is 17.5 Å². The zero-order chi connectivity index (χ0) is 16.2. The highest BCUT2D eigenvalue weighted by Crippen LogP contribution is 2.20. The summed E-state index contributed by atoms with van der Waals surface area (Å²) in [4.78, 5) is 26.6. The number of likely N-dealkylation sites (tertiary alicyclic amines) is 1. The maximum absolute atomic E-state index is 12.5. The van der Waals surface area contributed by atoms with Gasteiger partial charge in [0.1, 0.15) is 12.6 Å². The van der Waals surface area contributed by atoms with E-state index in [1.165, 1.54) is 0 Å². The van der Waals surface area contributed by atoms with E-state index in [-0.39, 0.29) is 18.4 Å². The molecule has 0 unspecified atom stereocenters. The Morgan fingerprint density at radius 2 is 2.09 bits per heavy atom. The van der Waals surface area contributed by atoms with Crippen LogP contribution in [0.5, 0.6) is 0 Å². The minimum Gasteiger partial charge on any atom is -0.329 e. The third-order valence-electron chi connectivity index (χ3n) is 3.98. The molecule has 1 atom stereocenters. The van der Waals surface area contributed by atoms with Crippen LogP contribution in [-0.2, 0) is 16.1 Å². The Hall–Kier alpha value is -2.63. The summed E-state index contributed by atoms with van der Waals surface area (Å²) < 4.78 is 1.61. The molecule has 1 aromatic heterocycles. The number of hydrogen-bond donors (Lipinski definition) is 1.